The number of nitrogens with two attached hydrogens (primary N) is 1. The van der Waals surface area contributed by atoms with Crippen LogP contribution in [0.1, 0.15) is 12.5 Å². The average Bonchev–Trinajstić information content (AvgIpc) is 2.29. The van der Waals surface area contributed by atoms with Crippen molar-refractivity contribution in [3.63, 3.8) is 0 Å². The van der Waals surface area contributed by atoms with E-state index in [0.717, 1.165) is 12.1 Å². The third-order valence-electron chi connectivity index (χ3n) is 2.64. The molecule has 108 valence electrons. The highest BCUT2D eigenvalue weighted by Gasteiger charge is 2.30. The van der Waals surface area contributed by atoms with Crippen molar-refractivity contribution in [3.8, 4) is 5.75 Å². The standard InChI is InChI=1S/C13H19F3N2O/c1-10(7-17)8-18(2)9-11-3-5-12(6-4-11)19-13(14,15)16/h3-6,10H,7-9,17H2,1-2H3. The van der Waals surface area contributed by atoms with Crippen LogP contribution in [-0.4, -0.2) is 31.4 Å². The lowest BCUT2D eigenvalue weighted by atomic mass is 10.1. The molecule has 1 aromatic rings. The van der Waals surface area contributed by atoms with Gasteiger partial charge in [-0.05, 0) is 37.2 Å². The molecule has 0 fully saturated rings. The van der Waals surface area contributed by atoms with Crippen LogP contribution in [0.4, 0.5) is 13.2 Å². The first-order valence-corrected chi connectivity index (χ1v) is 6.03. The summed E-state index contributed by atoms with van der Waals surface area (Å²) < 4.78 is 39.8. The first-order chi connectivity index (χ1) is 8.80. The Labute approximate surface area is 111 Å². The fraction of sp³-hybridized carbons (Fsp3) is 0.538. The summed E-state index contributed by atoms with van der Waals surface area (Å²) in [5.74, 6) is 0.187. The van der Waals surface area contributed by atoms with E-state index >= 15 is 0 Å². The third kappa shape index (κ3) is 6.45. The molecule has 0 amide bonds. The van der Waals surface area contributed by atoms with Crippen molar-refractivity contribution in [2.45, 2.75) is 19.8 Å². The molecule has 6 heteroatoms. The number of ether oxygens (including phenoxy) is 1. The van der Waals surface area contributed by atoms with Crippen LogP contribution >= 0.6 is 0 Å². The lowest BCUT2D eigenvalue weighted by Crippen LogP contribution is -2.28. The molecule has 0 radical (unpaired) electrons. The molecule has 0 bridgehead atoms. The zero-order chi connectivity index (χ0) is 14.5. The number of halogens is 3. The molecular formula is C13H19F3N2O. The summed E-state index contributed by atoms with van der Waals surface area (Å²) in [6.07, 6.45) is -4.64. The van der Waals surface area contributed by atoms with Crippen molar-refractivity contribution in [2.24, 2.45) is 11.7 Å². The molecule has 0 spiro atoms. The summed E-state index contributed by atoms with van der Waals surface area (Å²) in [7, 11) is 1.95. The Balaban J connectivity index is 2.52. The molecule has 0 aromatic heterocycles. The molecule has 0 saturated carbocycles. The molecule has 1 unspecified atom stereocenters. The van der Waals surface area contributed by atoms with Crippen LogP contribution in [0.5, 0.6) is 5.75 Å². The first kappa shape index (κ1) is 15.8. The second-order valence-corrected chi connectivity index (χ2v) is 4.73. The van der Waals surface area contributed by atoms with E-state index in [1.165, 1.54) is 12.1 Å². The van der Waals surface area contributed by atoms with Gasteiger partial charge in [0.15, 0.2) is 0 Å². The molecule has 0 saturated heterocycles. The highest BCUT2D eigenvalue weighted by Crippen LogP contribution is 2.23. The Hall–Kier alpha value is -1.27. The second kappa shape index (κ2) is 6.77. The predicted molar refractivity (Wildman–Crippen MR) is 67.7 cm³/mol. The van der Waals surface area contributed by atoms with Gasteiger partial charge in [0.1, 0.15) is 5.75 Å². The molecular weight excluding hydrogens is 257 g/mol. The first-order valence-electron chi connectivity index (χ1n) is 6.03. The minimum Gasteiger partial charge on any atom is -0.406 e. The Morgan fingerprint density at radius 3 is 2.32 bits per heavy atom. The van der Waals surface area contributed by atoms with Crippen LogP contribution in [0.2, 0.25) is 0 Å². The number of nitrogens with zero attached hydrogens (tertiary/aromatic N) is 1. The number of rotatable bonds is 6. The van der Waals surface area contributed by atoms with E-state index in [4.69, 9.17) is 5.73 Å². The van der Waals surface area contributed by atoms with Gasteiger partial charge in [0.2, 0.25) is 0 Å². The summed E-state index contributed by atoms with van der Waals surface area (Å²) >= 11 is 0. The van der Waals surface area contributed by atoms with Crippen molar-refractivity contribution in [2.75, 3.05) is 20.1 Å². The smallest absolute Gasteiger partial charge is 0.406 e. The SMILES string of the molecule is CC(CN)CN(C)Cc1ccc(OC(F)(F)F)cc1. The topological polar surface area (TPSA) is 38.5 Å². The quantitative estimate of drug-likeness (QED) is 0.868. The molecule has 0 aliphatic heterocycles. The fourth-order valence-electron chi connectivity index (χ4n) is 1.78. The van der Waals surface area contributed by atoms with Crippen LogP contribution in [0, 0.1) is 5.92 Å². The monoisotopic (exact) mass is 276 g/mol. The molecule has 19 heavy (non-hydrogen) atoms. The Bertz CT molecular complexity index is 378. The van der Waals surface area contributed by atoms with Gasteiger partial charge in [-0.1, -0.05) is 19.1 Å². The molecule has 2 N–H and O–H groups in total. The number of hydrogen-bond donors (Lipinski definition) is 1. The van der Waals surface area contributed by atoms with Gasteiger partial charge in [-0.2, -0.15) is 0 Å². The van der Waals surface area contributed by atoms with Gasteiger partial charge in [-0.25, -0.2) is 0 Å². The van der Waals surface area contributed by atoms with Crippen molar-refractivity contribution in [1.29, 1.82) is 0 Å². The average molecular weight is 276 g/mol. The molecule has 0 aliphatic rings. The van der Waals surface area contributed by atoms with Gasteiger partial charge in [0.25, 0.3) is 0 Å². The highest BCUT2D eigenvalue weighted by molar-refractivity contribution is 5.27. The molecule has 0 heterocycles. The zero-order valence-corrected chi connectivity index (χ0v) is 11.1. The van der Waals surface area contributed by atoms with E-state index in [1.807, 2.05) is 7.05 Å². The van der Waals surface area contributed by atoms with Gasteiger partial charge >= 0.3 is 6.36 Å². The summed E-state index contributed by atoms with van der Waals surface area (Å²) in [4.78, 5) is 2.08. The van der Waals surface area contributed by atoms with Crippen LogP contribution in [0.25, 0.3) is 0 Å². The summed E-state index contributed by atoms with van der Waals surface area (Å²) in [6, 6.07) is 5.90. The largest absolute Gasteiger partial charge is 0.573 e. The normalized spacial score (nSPS) is 13.6. The van der Waals surface area contributed by atoms with Gasteiger partial charge in [0.05, 0.1) is 0 Å². The molecule has 1 aromatic carbocycles. The molecule has 1 rings (SSSR count). The van der Waals surface area contributed by atoms with E-state index in [9.17, 15) is 13.2 Å². The predicted octanol–water partition coefficient (Wildman–Crippen LogP) is 2.61. The molecule has 0 aliphatic carbocycles. The molecule has 3 nitrogen and oxygen atoms in total. The van der Waals surface area contributed by atoms with Crippen LogP contribution in [0.15, 0.2) is 24.3 Å². The van der Waals surface area contributed by atoms with E-state index in [-0.39, 0.29) is 5.75 Å². The van der Waals surface area contributed by atoms with Crippen LogP contribution in [0.3, 0.4) is 0 Å². The second-order valence-electron chi connectivity index (χ2n) is 4.73. The summed E-state index contributed by atoms with van der Waals surface area (Å²) in [5, 5.41) is 0. The van der Waals surface area contributed by atoms with Crippen LogP contribution < -0.4 is 10.5 Å². The summed E-state index contributed by atoms with van der Waals surface area (Å²) in [5.41, 5.74) is 6.47. The molecule has 1 atom stereocenters. The highest BCUT2D eigenvalue weighted by atomic mass is 19.4. The van der Waals surface area contributed by atoms with E-state index in [1.54, 1.807) is 12.1 Å². The van der Waals surface area contributed by atoms with Crippen LogP contribution in [-0.2, 0) is 6.54 Å². The minimum atomic E-state index is -4.64. The lowest BCUT2D eigenvalue weighted by molar-refractivity contribution is -0.274. The third-order valence-corrected chi connectivity index (χ3v) is 2.64. The fourth-order valence-corrected chi connectivity index (χ4v) is 1.78. The van der Waals surface area contributed by atoms with Crippen molar-refractivity contribution < 1.29 is 17.9 Å². The number of benzene rings is 1. The lowest BCUT2D eigenvalue weighted by Gasteiger charge is -2.20. The Kier molecular flexibility index (Phi) is 5.62. The maximum atomic E-state index is 12.0. The van der Waals surface area contributed by atoms with E-state index in [2.05, 4.69) is 16.6 Å². The number of alkyl halides is 3. The number of hydrogen-bond acceptors (Lipinski definition) is 3. The summed E-state index contributed by atoms with van der Waals surface area (Å²) in [6.45, 7) is 4.17. The van der Waals surface area contributed by atoms with Gasteiger partial charge < -0.3 is 15.4 Å². The zero-order valence-electron chi connectivity index (χ0n) is 11.1. The maximum Gasteiger partial charge on any atom is 0.573 e. The van der Waals surface area contributed by atoms with Crippen molar-refractivity contribution >= 4 is 0 Å². The Morgan fingerprint density at radius 2 is 1.84 bits per heavy atom. The Morgan fingerprint density at radius 1 is 1.26 bits per heavy atom. The van der Waals surface area contributed by atoms with Gasteiger partial charge in [-0.3, -0.25) is 0 Å². The van der Waals surface area contributed by atoms with E-state index in [0.29, 0.717) is 19.0 Å². The van der Waals surface area contributed by atoms with Crippen molar-refractivity contribution in [1.82, 2.24) is 4.90 Å². The van der Waals surface area contributed by atoms with Gasteiger partial charge in [-0.15, -0.1) is 13.2 Å². The van der Waals surface area contributed by atoms with E-state index < -0.39 is 6.36 Å². The van der Waals surface area contributed by atoms with Gasteiger partial charge in [0, 0.05) is 13.1 Å². The van der Waals surface area contributed by atoms with Crippen molar-refractivity contribution in [3.05, 3.63) is 29.8 Å². The minimum absolute atomic E-state index is 0.200. The maximum absolute atomic E-state index is 12.0.